The van der Waals surface area contributed by atoms with Crippen molar-refractivity contribution in [3.63, 3.8) is 0 Å². The number of hydrogen-bond acceptors (Lipinski definition) is 3. The SMILES string of the molecule is CCN(CC)C(=O)N1CCC(NC(=O)CCCOc2ccc(C(C)(C)C)cc2)CC1. The van der Waals surface area contributed by atoms with Gasteiger partial charge in [-0.2, -0.15) is 0 Å². The van der Waals surface area contributed by atoms with E-state index in [0.29, 0.717) is 32.5 Å². The second-order valence-corrected chi connectivity index (χ2v) is 9.01. The van der Waals surface area contributed by atoms with E-state index in [0.717, 1.165) is 31.7 Å². The number of carbonyl (C=O) groups excluding carboxylic acids is 2. The molecule has 1 aliphatic rings. The molecule has 3 amide bonds. The molecule has 1 N–H and O–H groups in total. The molecule has 1 aliphatic heterocycles. The van der Waals surface area contributed by atoms with Crippen LogP contribution in [0.2, 0.25) is 0 Å². The van der Waals surface area contributed by atoms with Crippen LogP contribution in [0.4, 0.5) is 4.79 Å². The Kier molecular flexibility index (Phi) is 9.00. The van der Waals surface area contributed by atoms with Crippen LogP contribution in [0, 0.1) is 0 Å². The third-order valence-corrected chi connectivity index (χ3v) is 5.70. The number of hydrogen-bond donors (Lipinski definition) is 1. The highest BCUT2D eigenvalue weighted by Crippen LogP contribution is 2.24. The number of carbonyl (C=O) groups is 2. The van der Waals surface area contributed by atoms with Gasteiger partial charge in [0.05, 0.1) is 6.61 Å². The number of amides is 3. The van der Waals surface area contributed by atoms with Gasteiger partial charge in [0.25, 0.3) is 0 Å². The van der Waals surface area contributed by atoms with Crippen molar-refractivity contribution in [2.45, 2.75) is 71.8 Å². The van der Waals surface area contributed by atoms with Gasteiger partial charge in [-0.3, -0.25) is 4.79 Å². The lowest BCUT2D eigenvalue weighted by molar-refractivity contribution is -0.122. The molecule has 6 heteroatoms. The van der Waals surface area contributed by atoms with Gasteiger partial charge in [-0.25, -0.2) is 4.79 Å². The van der Waals surface area contributed by atoms with Crippen molar-refractivity contribution in [1.82, 2.24) is 15.1 Å². The molecule has 1 heterocycles. The predicted octanol–water partition coefficient (Wildman–Crippen LogP) is 4.19. The molecular weight excluding hydrogens is 378 g/mol. The van der Waals surface area contributed by atoms with Crippen molar-refractivity contribution in [2.75, 3.05) is 32.8 Å². The fourth-order valence-electron chi connectivity index (χ4n) is 3.68. The van der Waals surface area contributed by atoms with Gasteiger partial charge in [0.1, 0.15) is 5.75 Å². The van der Waals surface area contributed by atoms with E-state index in [1.165, 1.54) is 5.56 Å². The number of ether oxygens (including phenoxy) is 1. The Morgan fingerprint density at radius 1 is 1.10 bits per heavy atom. The van der Waals surface area contributed by atoms with E-state index in [1.807, 2.05) is 35.8 Å². The molecule has 1 aromatic rings. The number of nitrogens with zero attached hydrogens (tertiary/aromatic N) is 2. The molecule has 0 saturated carbocycles. The first-order valence-corrected chi connectivity index (χ1v) is 11.3. The summed E-state index contributed by atoms with van der Waals surface area (Å²) < 4.78 is 5.77. The second-order valence-electron chi connectivity index (χ2n) is 9.01. The topological polar surface area (TPSA) is 61.9 Å². The van der Waals surface area contributed by atoms with Gasteiger partial charge in [-0.15, -0.1) is 0 Å². The lowest BCUT2D eigenvalue weighted by Crippen LogP contribution is -2.50. The maximum atomic E-state index is 12.4. The van der Waals surface area contributed by atoms with Crippen LogP contribution in [0.1, 0.15) is 65.9 Å². The molecule has 1 saturated heterocycles. The summed E-state index contributed by atoms with van der Waals surface area (Å²) in [6, 6.07) is 8.45. The molecule has 168 valence electrons. The molecule has 0 bridgehead atoms. The molecule has 6 nitrogen and oxygen atoms in total. The van der Waals surface area contributed by atoms with Crippen LogP contribution in [0.3, 0.4) is 0 Å². The molecule has 0 aromatic heterocycles. The Morgan fingerprint density at radius 3 is 2.23 bits per heavy atom. The third-order valence-electron chi connectivity index (χ3n) is 5.70. The van der Waals surface area contributed by atoms with Crippen LogP contribution in [0.15, 0.2) is 24.3 Å². The normalized spacial score (nSPS) is 15.0. The van der Waals surface area contributed by atoms with Gasteiger partial charge in [-0.05, 0) is 56.2 Å². The highest BCUT2D eigenvalue weighted by Gasteiger charge is 2.25. The maximum Gasteiger partial charge on any atom is 0.319 e. The molecule has 0 aliphatic carbocycles. The summed E-state index contributed by atoms with van der Waals surface area (Å²) >= 11 is 0. The van der Waals surface area contributed by atoms with Gasteiger partial charge < -0.3 is 19.9 Å². The summed E-state index contributed by atoms with van der Waals surface area (Å²) in [5.74, 6) is 0.906. The summed E-state index contributed by atoms with van der Waals surface area (Å²) in [6.45, 7) is 14.0. The summed E-state index contributed by atoms with van der Waals surface area (Å²) in [5, 5.41) is 3.11. The van der Waals surface area contributed by atoms with E-state index in [9.17, 15) is 9.59 Å². The summed E-state index contributed by atoms with van der Waals surface area (Å²) in [6.07, 6.45) is 2.77. The number of piperidine rings is 1. The predicted molar refractivity (Wildman–Crippen MR) is 121 cm³/mol. The molecule has 0 atom stereocenters. The van der Waals surface area contributed by atoms with Gasteiger partial charge >= 0.3 is 6.03 Å². The van der Waals surface area contributed by atoms with Gasteiger partial charge in [-0.1, -0.05) is 32.9 Å². The van der Waals surface area contributed by atoms with Crippen molar-refractivity contribution >= 4 is 11.9 Å². The van der Waals surface area contributed by atoms with Crippen molar-refractivity contribution < 1.29 is 14.3 Å². The average molecular weight is 418 g/mol. The van der Waals surface area contributed by atoms with Crippen LogP contribution < -0.4 is 10.1 Å². The minimum atomic E-state index is 0.0650. The van der Waals surface area contributed by atoms with Crippen LogP contribution in [-0.2, 0) is 10.2 Å². The molecule has 30 heavy (non-hydrogen) atoms. The van der Waals surface area contributed by atoms with Crippen molar-refractivity contribution in [3.05, 3.63) is 29.8 Å². The Balaban J connectivity index is 1.63. The molecule has 0 unspecified atom stereocenters. The summed E-state index contributed by atoms with van der Waals surface area (Å²) in [7, 11) is 0. The van der Waals surface area contributed by atoms with Crippen LogP contribution in [0.25, 0.3) is 0 Å². The number of rotatable bonds is 8. The zero-order valence-electron chi connectivity index (χ0n) is 19.4. The van der Waals surface area contributed by atoms with Gasteiger partial charge in [0.2, 0.25) is 5.91 Å². The quantitative estimate of drug-likeness (QED) is 0.645. The Morgan fingerprint density at radius 2 is 1.70 bits per heavy atom. The van der Waals surface area contributed by atoms with Crippen molar-refractivity contribution in [2.24, 2.45) is 0 Å². The van der Waals surface area contributed by atoms with Crippen LogP contribution in [0.5, 0.6) is 5.75 Å². The monoisotopic (exact) mass is 417 g/mol. The Labute approximate surface area is 182 Å². The van der Waals surface area contributed by atoms with Gasteiger partial charge in [0.15, 0.2) is 0 Å². The fourth-order valence-corrected chi connectivity index (χ4v) is 3.68. The van der Waals surface area contributed by atoms with Crippen molar-refractivity contribution in [1.29, 1.82) is 0 Å². The molecule has 2 rings (SSSR count). The third kappa shape index (κ3) is 7.22. The van der Waals surface area contributed by atoms with Crippen molar-refractivity contribution in [3.8, 4) is 5.75 Å². The molecule has 0 radical (unpaired) electrons. The van der Waals surface area contributed by atoms with E-state index in [4.69, 9.17) is 4.74 Å². The number of nitrogens with one attached hydrogen (secondary N) is 1. The van der Waals surface area contributed by atoms with E-state index in [1.54, 1.807) is 0 Å². The minimum Gasteiger partial charge on any atom is -0.494 e. The lowest BCUT2D eigenvalue weighted by atomic mass is 9.87. The number of benzene rings is 1. The molecule has 0 spiro atoms. The summed E-state index contributed by atoms with van der Waals surface area (Å²) in [4.78, 5) is 28.4. The molecular formula is C24H39N3O3. The first-order valence-electron chi connectivity index (χ1n) is 11.3. The van der Waals surface area contributed by atoms with E-state index >= 15 is 0 Å². The van der Waals surface area contributed by atoms with E-state index in [-0.39, 0.29) is 23.4 Å². The van der Waals surface area contributed by atoms with E-state index in [2.05, 4.69) is 38.2 Å². The van der Waals surface area contributed by atoms with Crippen LogP contribution >= 0.6 is 0 Å². The first-order chi connectivity index (χ1) is 14.2. The smallest absolute Gasteiger partial charge is 0.319 e. The second kappa shape index (κ2) is 11.2. The Hall–Kier alpha value is -2.24. The van der Waals surface area contributed by atoms with Gasteiger partial charge in [0, 0.05) is 38.6 Å². The minimum absolute atomic E-state index is 0.0650. The largest absolute Gasteiger partial charge is 0.494 e. The molecule has 1 fully saturated rings. The standard InChI is InChI=1S/C24H39N3O3/c1-6-26(7-2)23(29)27-16-14-20(15-17-27)25-22(28)9-8-18-30-21-12-10-19(11-13-21)24(3,4)5/h10-13,20H,6-9,14-18H2,1-5H3,(H,25,28). The zero-order valence-corrected chi connectivity index (χ0v) is 19.4. The highest BCUT2D eigenvalue weighted by atomic mass is 16.5. The fraction of sp³-hybridized carbons (Fsp3) is 0.667. The van der Waals surface area contributed by atoms with E-state index < -0.39 is 0 Å². The number of urea groups is 1. The summed E-state index contributed by atoms with van der Waals surface area (Å²) in [5.41, 5.74) is 1.41. The lowest BCUT2D eigenvalue weighted by Gasteiger charge is -2.35. The van der Waals surface area contributed by atoms with Crippen LogP contribution in [-0.4, -0.2) is 60.6 Å². The number of likely N-dealkylation sites (tertiary alicyclic amines) is 1. The average Bonchev–Trinajstić information content (AvgIpc) is 2.72. The highest BCUT2D eigenvalue weighted by molar-refractivity contribution is 5.76. The zero-order chi connectivity index (χ0) is 22.1. The Bertz CT molecular complexity index is 670. The first kappa shape index (κ1) is 24.0. The molecule has 1 aromatic carbocycles. The maximum absolute atomic E-state index is 12.4.